The fraction of sp³-hybridized carbons (Fsp3) is 0.462. The topological polar surface area (TPSA) is 67.9 Å². The molecule has 2 aromatic rings. The van der Waals surface area contributed by atoms with Gasteiger partial charge in [-0.2, -0.15) is 0 Å². The standard InChI is InChI=1S/C26H32Cl2N2O4/c1-5-21(25(32)29-26(2,3)4)30(16-18-6-9-19(27)20(28)14-18)24(31)11-8-17-7-10-22-23(15-17)34-13-12-33-22/h6-7,9-10,14-15,21H,5,8,11-13,16H2,1-4H3,(H,29,32)/t21-/m1/s1. The van der Waals surface area contributed by atoms with Crippen molar-refractivity contribution >= 4 is 35.0 Å². The summed E-state index contributed by atoms with van der Waals surface area (Å²) in [6.45, 7) is 8.97. The highest BCUT2D eigenvalue weighted by Gasteiger charge is 2.30. The van der Waals surface area contributed by atoms with E-state index in [-0.39, 0.29) is 24.8 Å². The zero-order valence-corrected chi connectivity index (χ0v) is 21.6. The summed E-state index contributed by atoms with van der Waals surface area (Å²) in [4.78, 5) is 28.2. The maximum Gasteiger partial charge on any atom is 0.243 e. The molecule has 1 aliphatic heterocycles. The molecule has 6 nitrogen and oxygen atoms in total. The van der Waals surface area contributed by atoms with Crippen molar-refractivity contribution in [3.63, 3.8) is 0 Å². The lowest BCUT2D eigenvalue weighted by molar-refractivity contribution is -0.142. The van der Waals surface area contributed by atoms with Gasteiger partial charge in [0.1, 0.15) is 19.3 Å². The van der Waals surface area contributed by atoms with Crippen LogP contribution in [0.5, 0.6) is 11.5 Å². The van der Waals surface area contributed by atoms with Crippen LogP contribution in [0.1, 0.15) is 51.7 Å². The number of carbonyl (C=O) groups is 2. The third kappa shape index (κ3) is 7.03. The Morgan fingerprint density at radius 1 is 1.00 bits per heavy atom. The number of hydrogen-bond acceptors (Lipinski definition) is 4. The van der Waals surface area contributed by atoms with Crippen LogP contribution in [0.4, 0.5) is 0 Å². The quantitative estimate of drug-likeness (QED) is 0.518. The van der Waals surface area contributed by atoms with Crippen molar-refractivity contribution in [1.82, 2.24) is 10.2 Å². The van der Waals surface area contributed by atoms with Crippen molar-refractivity contribution in [3.05, 3.63) is 57.6 Å². The van der Waals surface area contributed by atoms with Gasteiger partial charge in [-0.1, -0.05) is 42.3 Å². The maximum absolute atomic E-state index is 13.5. The Labute approximate surface area is 211 Å². The first-order valence-electron chi connectivity index (χ1n) is 11.5. The second kappa shape index (κ2) is 11.3. The Kier molecular flexibility index (Phi) is 8.72. The van der Waals surface area contributed by atoms with Crippen LogP contribution in [0.2, 0.25) is 10.0 Å². The molecule has 8 heteroatoms. The number of nitrogens with one attached hydrogen (secondary N) is 1. The molecular weight excluding hydrogens is 475 g/mol. The molecule has 0 saturated carbocycles. The van der Waals surface area contributed by atoms with Crippen LogP contribution >= 0.6 is 23.2 Å². The molecule has 1 N–H and O–H groups in total. The van der Waals surface area contributed by atoms with Gasteiger partial charge in [0.2, 0.25) is 11.8 Å². The first-order chi connectivity index (χ1) is 16.1. The van der Waals surface area contributed by atoms with E-state index in [1.807, 2.05) is 52.0 Å². The number of hydrogen-bond donors (Lipinski definition) is 1. The van der Waals surface area contributed by atoms with E-state index in [1.165, 1.54) is 0 Å². The van der Waals surface area contributed by atoms with Crippen LogP contribution in [0, 0.1) is 0 Å². The Balaban J connectivity index is 1.80. The van der Waals surface area contributed by atoms with E-state index in [2.05, 4.69) is 5.32 Å². The third-order valence-electron chi connectivity index (χ3n) is 5.46. The molecule has 0 spiro atoms. The number of nitrogens with zero attached hydrogens (tertiary/aromatic N) is 1. The summed E-state index contributed by atoms with van der Waals surface area (Å²) in [5.74, 6) is 1.12. The summed E-state index contributed by atoms with van der Waals surface area (Å²) in [6.07, 6.45) is 1.25. The lowest BCUT2D eigenvalue weighted by Crippen LogP contribution is -2.53. The minimum atomic E-state index is -0.610. The van der Waals surface area contributed by atoms with Crippen LogP contribution in [-0.2, 0) is 22.6 Å². The first-order valence-corrected chi connectivity index (χ1v) is 12.3. The van der Waals surface area contributed by atoms with Crippen molar-refractivity contribution in [2.24, 2.45) is 0 Å². The lowest BCUT2D eigenvalue weighted by Gasteiger charge is -2.33. The summed E-state index contributed by atoms with van der Waals surface area (Å²) in [7, 11) is 0. The molecule has 2 amide bonds. The predicted molar refractivity (Wildman–Crippen MR) is 135 cm³/mol. The Morgan fingerprint density at radius 3 is 2.32 bits per heavy atom. The average molecular weight is 507 g/mol. The van der Waals surface area contributed by atoms with Gasteiger partial charge >= 0.3 is 0 Å². The minimum absolute atomic E-state index is 0.114. The maximum atomic E-state index is 13.5. The highest BCUT2D eigenvalue weighted by molar-refractivity contribution is 6.42. The minimum Gasteiger partial charge on any atom is -0.486 e. The monoisotopic (exact) mass is 506 g/mol. The van der Waals surface area contributed by atoms with Gasteiger partial charge in [-0.15, -0.1) is 0 Å². The molecule has 0 saturated heterocycles. The fourth-order valence-electron chi connectivity index (χ4n) is 3.85. The number of halogens is 2. The number of benzene rings is 2. The molecule has 0 aliphatic carbocycles. The Morgan fingerprint density at radius 2 is 1.68 bits per heavy atom. The van der Waals surface area contributed by atoms with Gasteiger partial charge in [0.15, 0.2) is 11.5 Å². The first kappa shape index (κ1) is 26.2. The van der Waals surface area contributed by atoms with E-state index < -0.39 is 11.6 Å². The van der Waals surface area contributed by atoms with Gasteiger partial charge < -0.3 is 19.7 Å². The van der Waals surface area contributed by atoms with E-state index in [0.29, 0.717) is 47.6 Å². The van der Waals surface area contributed by atoms with E-state index >= 15 is 0 Å². The third-order valence-corrected chi connectivity index (χ3v) is 6.19. The van der Waals surface area contributed by atoms with Gasteiger partial charge in [0.05, 0.1) is 10.0 Å². The molecule has 2 aromatic carbocycles. The molecule has 0 unspecified atom stereocenters. The number of aryl methyl sites for hydroxylation is 1. The number of fused-ring (bicyclic) bond motifs is 1. The summed E-state index contributed by atoms with van der Waals surface area (Å²) in [6, 6.07) is 10.4. The molecule has 1 aliphatic rings. The van der Waals surface area contributed by atoms with Crippen LogP contribution in [0.15, 0.2) is 36.4 Å². The van der Waals surface area contributed by atoms with Gasteiger partial charge in [0.25, 0.3) is 0 Å². The number of amides is 2. The van der Waals surface area contributed by atoms with Crippen molar-refractivity contribution in [2.45, 2.75) is 65.1 Å². The molecule has 184 valence electrons. The molecule has 1 atom stereocenters. The summed E-state index contributed by atoms with van der Waals surface area (Å²) in [5.41, 5.74) is 1.37. The van der Waals surface area contributed by atoms with Gasteiger partial charge in [-0.25, -0.2) is 0 Å². The molecule has 0 aromatic heterocycles. The van der Waals surface area contributed by atoms with E-state index in [4.69, 9.17) is 32.7 Å². The molecule has 1 heterocycles. The summed E-state index contributed by atoms with van der Waals surface area (Å²) >= 11 is 12.3. The summed E-state index contributed by atoms with van der Waals surface area (Å²) < 4.78 is 11.2. The molecular formula is C26H32Cl2N2O4. The lowest BCUT2D eigenvalue weighted by atomic mass is 10.0. The van der Waals surface area contributed by atoms with Crippen LogP contribution in [-0.4, -0.2) is 41.5 Å². The fourth-order valence-corrected chi connectivity index (χ4v) is 4.17. The van der Waals surface area contributed by atoms with Crippen LogP contribution < -0.4 is 14.8 Å². The smallest absolute Gasteiger partial charge is 0.243 e. The molecule has 3 rings (SSSR count). The number of rotatable bonds is 8. The van der Waals surface area contributed by atoms with Crippen molar-refractivity contribution < 1.29 is 19.1 Å². The molecule has 34 heavy (non-hydrogen) atoms. The van der Waals surface area contributed by atoms with Crippen molar-refractivity contribution in [1.29, 1.82) is 0 Å². The second-order valence-corrected chi connectivity index (χ2v) is 10.2. The molecule has 0 radical (unpaired) electrons. The van der Waals surface area contributed by atoms with E-state index in [0.717, 1.165) is 11.1 Å². The molecule has 0 bridgehead atoms. The highest BCUT2D eigenvalue weighted by Crippen LogP contribution is 2.31. The largest absolute Gasteiger partial charge is 0.486 e. The zero-order valence-electron chi connectivity index (χ0n) is 20.1. The Hall–Kier alpha value is -2.44. The van der Waals surface area contributed by atoms with Gasteiger partial charge in [-0.05, 0) is 69.0 Å². The highest BCUT2D eigenvalue weighted by atomic mass is 35.5. The van der Waals surface area contributed by atoms with Gasteiger partial charge in [0, 0.05) is 18.5 Å². The Bertz CT molecular complexity index is 1040. The normalized spacial score (nSPS) is 13.8. The van der Waals surface area contributed by atoms with Crippen LogP contribution in [0.3, 0.4) is 0 Å². The average Bonchev–Trinajstić information content (AvgIpc) is 2.78. The predicted octanol–water partition coefficient (Wildman–Crippen LogP) is 5.42. The van der Waals surface area contributed by atoms with E-state index in [9.17, 15) is 9.59 Å². The zero-order chi connectivity index (χ0) is 24.9. The second-order valence-electron chi connectivity index (χ2n) is 9.41. The van der Waals surface area contributed by atoms with Crippen molar-refractivity contribution in [3.8, 4) is 11.5 Å². The van der Waals surface area contributed by atoms with Crippen LogP contribution in [0.25, 0.3) is 0 Å². The van der Waals surface area contributed by atoms with Gasteiger partial charge in [-0.3, -0.25) is 9.59 Å². The SMILES string of the molecule is CC[C@H](C(=O)NC(C)(C)C)N(Cc1ccc(Cl)c(Cl)c1)C(=O)CCc1ccc2c(c1)OCCO2. The summed E-state index contributed by atoms with van der Waals surface area (Å²) in [5, 5.41) is 3.87. The number of ether oxygens (including phenoxy) is 2. The van der Waals surface area contributed by atoms with Crippen molar-refractivity contribution in [2.75, 3.05) is 13.2 Å². The number of carbonyl (C=O) groups excluding carboxylic acids is 2. The van der Waals surface area contributed by atoms with E-state index in [1.54, 1.807) is 17.0 Å². The molecule has 0 fully saturated rings.